The molecular formula is C15H28N2OS. The van der Waals surface area contributed by atoms with Crippen LogP contribution < -0.4 is 0 Å². The molecule has 3 rings (SSSR count). The summed E-state index contributed by atoms with van der Waals surface area (Å²) < 4.78 is 10.6. The molecule has 19 heavy (non-hydrogen) atoms. The van der Waals surface area contributed by atoms with Gasteiger partial charge in [0.1, 0.15) is 0 Å². The summed E-state index contributed by atoms with van der Waals surface area (Å²) in [5.74, 6) is 2.00. The summed E-state index contributed by atoms with van der Waals surface area (Å²) in [6.45, 7) is 6.61. The lowest BCUT2D eigenvalue weighted by Gasteiger charge is -2.39. The molecule has 0 amide bonds. The second-order valence-corrected chi connectivity index (χ2v) is 7.51. The molecule has 1 atom stereocenters. The smallest absolute Gasteiger partial charge is 0.0603 e. The molecule has 2 heterocycles. The molecule has 0 aromatic heterocycles. The maximum atomic E-state index is 5.43. The van der Waals surface area contributed by atoms with Gasteiger partial charge in [0.05, 0.1) is 13.2 Å². The van der Waals surface area contributed by atoms with E-state index in [1.807, 2.05) is 12.1 Å². The minimum Gasteiger partial charge on any atom is -0.379 e. The number of hydrogen-bond acceptors (Lipinski definition) is 4. The second-order valence-electron chi connectivity index (χ2n) is 6.31. The van der Waals surface area contributed by atoms with Gasteiger partial charge in [0.15, 0.2) is 0 Å². The molecule has 2 saturated heterocycles. The van der Waals surface area contributed by atoms with Crippen molar-refractivity contribution in [2.24, 2.45) is 11.8 Å². The van der Waals surface area contributed by atoms with Crippen molar-refractivity contribution in [2.45, 2.75) is 44.9 Å². The van der Waals surface area contributed by atoms with Gasteiger partial charge in [-0.05, 0) is 24.7 Å². The molecule has 0 aromatic carbocycles. The highest BCUT2D eigenvalue weighted by Gasteiger charge is 2.29. The molecule has 2 aliphatic heterocycles. The number of hydrogen-bond donors (Lipinski definition) is 0. The normalized spacial score (nSPS) is 32.5. The zero-order valence-corrected chi connectivity index (χ0v) is 12.9. The lowest BCUT2D eigenvalue weighted by molar-refractivity contribution is 0.0745. The van der Waals surface area contributed by atoms with E-state index in [2.05, 4.69) is 8.61 Å². The third-order valence-electron chi connectivity index (χ3n) is 4.94. The van der Waals surface area contributed by atoms with Gasteiger partial charge < -0.3 is 4.74 Å². The van der Waals surface area contributed by atoms with Crippen LogP contribution in [0.3, 0.4) is 0 Å². The first kappa shape index (κ1) is 14.2. The molecule has 1 saturated carbocycles. The van der Waals surface area contributed by atoms with Crippen LogP contribution in [0.1, 0.15) is 44.9 Å². The predicted octanol–water partition coefficient (Wildman–Crippen LogP) is 3.17. The summed E-state index contributed by atoms with van der Waals surface area (Å²) >= 11 is 2.00. The average Bonchev–Trinajstić information content (AvgIpc) is 2.49. The van der Waals surface area contributed by atoms with E-state index in [0.717, 1.165) is 38.1 Å². The van der Waals surface area contributed by atoms with Gasteiger partial charge in [-0.2, -0.15) is 0 Å². The number of piperidine rings is 1. The molecule has 4 heteroatoms. The first-order chi connectivity index (χ1) is 9.42. The Kier molecular flexibility index (Phi) is 5.45. The third kappa shape index (κ3) is 4.10. The van der Waals surface area contributed by atoms with Gasteiger partial charge in [-0.3, -0.25) is 0 Å². The van der Waals surface area contributed by atoms with Crippen molar-refractivity contribution in [3.63, 3.8) is 0 Å². The number of rotatable bonds is 3. The van der Waals surface area contributed by atoms with Crippen LogP contribution in [0.4, 0.5) is 0 Å². The SMILES string of the molecule is C1CCC(C2CCCN(SN3CCOCC3)C2)CC1. The Balaban J connectivity index is 1.46. The lowest BCUT2D eigenvalue weighted by Crippen LogP contribution is -2.40. The summed E-state index contributed by atoms with van der Waals surface area (Å²) in [5.41, 5.74) is 0. The van der Waals surface area contributed by atoms with Crippen molar-refractivity contribution in [3.8, 4) is 0 Å². The van der Waals surface area contributed by atoms with Crippen LogP contribution >= 0.6 is 12.1 Å². The Bertz CT molecular complexity index is 265. The maximum Gasteiger partial charge on any atom is 0.0603 e. The summed E-state index contributed by atoms with van der Waals surface area (Å²) in [5, 5.41) is 0. The minimum absolute atomic E-state index is 0.910. The first-order valence-electron chi connectivity index (χ1n) is 8.17. The number of nitrogens with zero attached hydrogens (tertiary/aromatic N) is 2. The average molecular weight is 284 g/mol. The van der Waals surface area contributed by atoms with Gasteiger partial charge in [-0.25, -0.2) is 8.61 Å². The summed E-state index contributed by atoms with van der Waals surface area (Å²) in [6, 6.07) is 0. The van der Waals surface area contributed by atoms with Crippen LogP contribution in [0.5, 0.6) is 0 Å². The van der Waals surface area contributed by atoms with E-state index >= 15 is 0 Å². The number of ether oxygens (including phenoxy) is 1. The van der Waals surface area contributed by atoms with Gasteiger partial charge in [0, 0.05) is 38.3 Å². The molecule has 1 aliphatic carbocycles. The Morgan fingerprint density at radius 3 is 2.26 bits per heavy atom. The molecule has 3 fully saturated rings. The Labute approximate surface area is 122 Å². The van der Waals surface area contributed by atoms with Crippen molar-refractivity contribution in [1.29, 1.82) is 0 Å². The largest absolute Gasteiger partial charge is 0.379 e. The van der Waals surface area contributed by atoms with Crippen LogP contribution in [0, 0.1) is 11.8 Å². The standard InChI is InChI=1S/C15H28N2OS/c1-2-5-14(6-3-1)15-7-4-8-17(13-15)19-16-9-11-18-12-10-16/h14-15H,1-13H2. The van der Waals surface area contributed by atoms with Crippen LogP contribution in [0.25, 0.3) is 0 Å². The molecular weight excluding hydrogens is 256 g/mol. The fourth-order valence-electron chi connectivity index (χ4n) is 3.83. The van der Waals surface area contributed by atoms with Crippen molar-refractivity contribution in [2.75, 3.05) is 39.4 Å². The van der Waals surface area contributed by atoms with Crippen LogP contribution in [-0.4, -0.2) is 48.0 Å². The fraction of sp³-hybridized carbons (Fsp3) is 1.00. The van der Waals surface area contributed by atoms with Crippen LogP contribution in [0.15, 0.2) is 0 Å². The molecule has 0 aromatic rings. The summed E-state index contributed by atoms with van der Waals surface area (Å²) in [4.78, 5) is 0. The van der Waals surface area contributed by atoms with E-state index in [1.165, 1.54) is 58.0 Å². The van der Waals surface area contributed by atoms with E-state index in [9.17, 15) is 0 Å². The highest BCUT2D eigenvalue weighted by atomic mass is 32.2. The van der Waals surface area contributed by atoms with E-state index in [1.54, 1.807) is 0 Å². The topological polar surface area (TPSA) is 15.7 Å². The highest BCUT2D eigenvalue weighted by Crippen LogP contribution is 2.36. The van der Waals surface area contributed by atoms with Crippen molar-refractivity contribution < 1.29 is 4.74 Å². The third-order valence-corrected chi connectivity index (χ3v) is 6.10. The van der Waals surface area contributed by atoms with Gasteiger partial charge in [-0.15, -0.1) is 0 Å². The maximum absolute atomic E-state index is 5.43. The van der Waals surface area contributed by atoms with E-state index in [4.69, 9.17) is 4.74 Å². The molecule has 110 valence electrons. The summed E-state index contributed by atoms with van der Waals surface area (Å²) in [7, 11) is 0. The first-order valence-corrected chi connectivity index (χ1v) is 8.90. The predicted molar refractivity (Wildman–Crippen MR) is 80.9 cm³/mol. The lowest BCUT2D eigenvalue weighted by atomic mass is 9.77. The molecule has 3 nitrogen and oxygen atoms in total. The summed E-state index contributed by atoms with van der Waals surface area (Å²) in [6.07, 6.45) is 10.3. The Morgan fingerprint density at radius 2 is 1.47 bits per heavy atom. The molecule has 0 N–H and O–H groups in total. The van der Waals surface area contributed by atoms with Gasteiger partial charge in [0.2, 0.25) is 0 Å². The fourth-order valence-corrected chi connectivity index (χ4v) is 4.94. The van der Waals surface area contributed by atoms with Crippen LogP contribution in [0.2, 0.25) is 0 Å². The Hall–Kier alpha value is 0.230. The van der Waals surface area contributed by atoms with E-state index in [-0.39, 0.29) is 0 Å². The van der Waals surface area contributed by atoms with Gasteiger partial charge in [-0.1, -0.05) is 32.1 Å². The molecule has 0 bridgehead atoms. The molecule has 1 unspecified atom stereocenters. The second kappa shape index (κ2) is 7.30. The monoisotopic (exact) mass is 284 g/mol. The van der Waals surface area contributed by atoms with Crippen LogP contribution in [-0.2, 0) is 4.74 Å². The van der Waals surface area contributed by atoms with Crippen molar-refractivity contribution in [3.05, 3.63) is 0 Å². The molecule has 0 spiro atoms. The zero-order valence-electron chi connectivity index (χ0n) is 12.1. The quantitative estimate of drug-likeness (QED) is 0.739. The van der Waals surface area contributed by atoms with E-state index in [0.29, 0.717) is 0 Å². The molecule has 3 aliphatic rings. The Morgan fingerprint density at radius 1 is 0.737 bits per heavy atom. The zero-order chi connectivity index (χ0) is 12.9. The number of morpholine rings is 1. The van der Waals surface area contributed by atoms with Crippen molar-refractivity contribution in [1.82, 2.24) is 8.61 Å². The minimum atomic E-state index is 0.910. The van der Waals surface area contributed by atoms with E-state index < -0.39 is 0 Å². The van der Waals surface area contributed by atoms with Gasteiger partial charge in [0.25, 0.3) is 0 Å². The van der Waals surface area contributed by atoms with Gasteiger partial charge >= 0.3 is 0 Å². The van der Waals surface area contributed by atoms with Crippen molar-refractivity contribution >= 4 is 12.1 Å². The molecule has 0 radical (unpaired) electrons. The highest BCUT2D eigenvalue weighted by molar-refractivity contribution is 7.94.